The Morgan fingerprint density at radius 3 is 2.50 bits per heavy atom. The molecule has 0 bridgehead atoms. The van der Waals surface area contributed by atoms with Crippen molar-refractivity contribution in [3.8, 4) is 0 Å². The summed E-state index contributed by atoms with van der Waals surface area (Å²) in [7, 11) is 0. The summed E-state index contributed by atoms with van der Waals surface area (Å²) in [6, 6.07) is 11.6. The molecule has 1 aromatic carbocycles. The Labute approximate surface area is 145 Å². The van der Waals surface area contributed by atoms with Crippen molar-refractivity contribution < 1.29 is 9.59 Å². The van der Waals surface area contributed by atoms with Crippen LogP contribution in [0, 0.1) is 0 Å². The molecule has 1 aliphatic rings. The molecule has 0 radical (unpaired) electrons. The van der Waals surface area contributed by atoms with Gasteiger partial charge in [0.15, 0.2) is 0 Å². The second-order valence-corrected chi connectivity index (χ2v) is 6.57. The molecule has 1 aromatic heterocycles. The van der Waals surface area contributed by atoms with Crippen LogP contribution in [0.5, 0.6) is 0 Å². The monoisotopic (exact) mass is 343 g/mol. The molecule has 1 N–H and O–H groups in total. The van der Waals surface area contributed by atoms with Crippen LogP contribution in [-0.4, -0.2) is 47.9 Å². The molecule has 3 amide bonds. The Morgan fingerprint density at radius 1 is 1.00 bits per heavy atom. The molecule has 1 fully saturated rings. The largest absolute Gasteiger partial charge is 0.337 e. The Balaban J connectivity index is 1.51. The van der Waals surface area contributed by atoms with Gasteiger partial charge in [0, 0.05) is 38.1 Å². The molecule has 24 heavy (non-hydrogen) atoms. The summed E-state index contributed by atoms with van der Waals surface area (Å²) in [4.78, 5) is 28.4. The SMILES string of the molecule is O=C(NCc1ccccc1)N1CCCN(C(=O)c2ccsc2)CC1. The average molecular weight is 343 g/mol. The van der Waals surface area contributed by atoms with Crippen LogP contribution in [0.25, 0.3) is 0 Å². The van der Waals surface area contributed by atoms with Gasteiger partial charge < -0.3 is 15.1 Å². The predicted molar refractivity (Wildman–Crippen MR) is 95.1 cm³/mol. The van der Waals surface area contributed by atoms with Gasteiger partial charge in [0.2, 0.25) is 0 Å². The summed E-state index contributed by atoms with van der Waals surface area (Å²) in [6.45, 7) is 3.03. The summed E-state index contributed by atoms with van der Waals surface area (Å²) in [6.07, 6.45) is 0.800. The second-order valence-electron chi connectivity index (χ2n) is 5.79. The van der Waals surface area contributed by atoms with Gasteiger partial charge in [-0.2, -0.15) is 11.3 Å². The molecule has 6 heteroatoms. The summed E-state index contributed by atoms with van der Waals surface area (Å²) < 4.78 is 0. The first-order chi connectivity index (χ1) is 11.7. The predicted octanol–water partition coefficient (Wildman–Crippen LogP) is 2.81. The van der Waals surface area contributed by atoms with Gasteiger partial charge in [-0.15, -0.1) is 0 Å². The zero-order valence-electron chi connectivity index (χ0n) is 13.5. The van der Waals surface area contributed by atoms with E-state index in [-0.39, 0.29) is 11.9 Å². The molecule has 0 aliphatic carbocycles. The molecule has 0 atom stereocenters. The summed E-state index contributed by atoms with van der Waals surface area (Å²) in [5, 5.41) is 6.74. The number of carbonyl (C=O) groups is 2. The summed E-state index contributed by atoms with van der Waals surface area (Å²) >= 11 is 1.53. The first kappa shape index (κ1) is 16.5. The fourth-order valence-corrected chi connectivity index (χ4v) is 3.41. The van der Waals surface area contributed by atoms with Crippen LogP contribution in [0.2, 0.25) is 0 Å². The number of benzene rings is 1. The van der Waals surface area contributed by atoms with Gasteiger partial charge in [-0.1, -0.05) is 30.3 Å². The van der Waals surface area contributed by atoms with E-state index in [0.717, 1.165) is 17.5 Å². The number of carbonyl (C=O) groups excluding carboxylic acids is 2. The van der Waals surface area contributed by atoms with Crippen LogP contribution in [0.4, 0.5) is 4.79 Å². The lowest BCUT2D eigenvalue weighted by molar-refractivity contribution is 0.0763. The van der Waals surface area contributed by atoms with Gasteiger partial charge in [-0.05, 0) is 23.4 Å². The summed E-state index contributed by atoms with van der Waals surface area (Å²) in [5.74, 6) is 0.0581. The molecule has 2 heterocycles. The molecule has 126 valence electrons. The van der Waals surface area contributed by atoms with Crippen LogP contribution in [-0.2, 0) is 6.54 Å². The third-order valence-corrected chi connectivity index (χ3v) is 4.81. The molecule has 0 unspecified atom stereocenters. The number of nitrogens with zero attached hydrogens (tertiary/aromatic N) is 2. The Morgan fingerprint density at radius 2 is 1.75 bits per heavy atom. The fourth-order valence-electron chi connectivity index (χ4n) is 2.78. The third-order valence-electron chi connectivity index (χ3n) is 4.13. The van der Waals surface area contributed by atoms with Crippen LogP contribution >= 0.6 is 11.3 Å². The van der Waals surface area contributed by atoms with E-state index in [4.69, 9.17) is 0 Å². The van der Waals surface area contributed by atoms with Crippen molar-refractivity contribution in [3.05, 3.63) is 58.3 Å². The van der Waals surface area contributed by atoms with Crippen LogP contribution < -0.4 is 5.32 Å². The molecule has 0 saturated carbocycles. The summed E-state index contributed by atoms with van der Waals surface area (Å²) in [5.41, 5.74) is 1.82. The molecule has 5 nitrogen and oxygen atoms in total. The van der Waals surface area contributed by atoms with Gasteiger partial charge in [-0.3, -0.25) is 4.79 Å². The highest BCUT2D eigenvalue weighted by atomic mass is 32.1. The third kappa shape index (κ3) is 4.14. The van der Waals surface area contributed by atoms with E-state index in [2.05, 4.69) is 5.32 Å². The van der Waals surface area contributed by atoms with E-state index < -0.39 is 0 Å². The van der Waals surface area contributed by atoms with Crippen molar-refractivity contribution in [3.63, 3.8) is 0 Å². The molecule has 0 spiro atoms. The van der Waals surface area contributed by atoms with Crippen molar-refractivity contribution >= 4 is 23.3 Å². The van der Waals surface area contributed by atoms with E-state index >= 15 is 0 Å². The fraction of sp³-hybridized carbons (Fsp3) is 0.333. The van der Waals surface area contributed by atoms with Crippen molar-refractivity contribution in [1.29, 1.82) is 0 Å². The van der Waals surface area contributed by atoms with E-state index in [1.807, 2.05) is 52.1 Å². The first-order valence-electron chi connectivity index (χ1n) is 8.12. The minimum absolute atomic E-state index is 0.0581. The van der Waals surface area contributed by atoms with E-state index in [1.54, 1.807) is 4.90 Å². The van der Waals surface area contributed by atoms with Gasteiger partial charge in [0.05, 0.1) is 5.56 Å². The Bertz CT molecular complexity index is 673. The van der Waals surface area contributed by atoms with Crippen LogP contribution in [0.1, 0.15) is 22.3 Å². The van der Waals surface area contributed by atoms with Crippen molar-refractivity contribution in [2.45, 2.75) is 13.0 Å². The minimum Gasteiger partial charge on any atom is -0.337 e. The lowest BCUT2D eigenvalue weighted by atomic mass is 10.2. The number of nitrogens with one attached hydrogen (secondary N) is 1. The number of hydrogen-bond acceptors (Lipinski definition) is 3. The number of rotatable bonds is 3. The number of amides is 3. The van der Waals surface area contributed by atoms with Crippen LogP contribution in [0.15, 0.2) is 47.2 Å². The molecule has 2 aromatic rings. The topological polar surface area (TPSA) is 52.7 Å². The maximum atomic E-state index is 12.4. The molecule has 3 rings (SSSR count). The maximum absolute atomic E-state index is 12.4. The van der Waals surface area contributed by atoms with Gasteiger partial charge in [-0.25, -0.2) is 4.79 Å². The quantitative estimate of drug-likeness (QED) is 0.932. The second kappa shape index (κ2) is 7.97. The van der Waals surface area contributed by atoms with E-state index in [0.29, 0.717) is 32.7 Å². The zero-order valence-corrected chi connectivity index (χ0v) is 14.3. The normalized spacial score (nSPS) is 15.0. The van der Waals surface area contributed by atoms with Gasteiger partial charge in [0.1, 0.15) is 0 Å². The average Bonchev–Trinajstić information content (AvgIpc) is 3.04. The van der Waals surface area contributed by atoms with Crippen LogP contribution in [0.3, 0.4) is 0 Å². The van der Waals surface area contributed by atoms with Crippen molar-refractivity contribution in [2.75, 3.05) is 26.2 Å². The molecular weight excluding hydrogens is 322 g/mol. The molecule has 1 saturated heterocycles. The number of urea groups is 1. The minimum atomic E-state index is -0.0660. The van der Waals surface area contributed by atoms with Crippen molar-refractivity contribution in [2.24, 2.45) is 0 Å². The first-order valence-corrected chi connectivity index (χ1v) is 9.06. The van der Waals surface area contributed by atoms with Gasteiger partial charge in [0.25, 0.3) is 5.91 Å². The lowest BCUT2D eigenvalue weighted by Crippen LogP contribution is -2.42. The van der Waals surface area contributed by atoms with Crippen molar-refractivity contribution in [1.82, 2.24) is 15.1 Å². The maximum Gasteiger partial charge on any atom is 0.317 e. The Hall–Kier alpha value is -2.34. The standard InChI is InChI=1S/C18H21N3O2S/c22-17(16-7-12-24-14-16)20-8-4-9-21(11-10-20)18(23)19-13-15-5-2-1-3-6-15/h1-3,5-7,12,14H,4,8-11,13H2,(H,19,23). The molecular formula is C18H21N3O2S. The van der Waals surface area contributed by atoms with E-state index in [9.17, 15) is 9.59 Å². The highest BCUT2D eigenvalue weighted by molar-refractivity contribution is 7.08. The van der Waals surface area contributed by atoms with E-state index in [1.165, 1.54) is 11.3 Å². The smallest absolute Gasteiger partial charge is 0.317 e. The Kier molecular flexibility index (Phi) is 5.48. The zero-order chi connectivity index (χ0) is 16.8. The molecule has 1 aliphatic heterocycles. The van der Waals surface area contributed by atoms with Gasteiger partial charge >= 0.3 is 6.03 Å². The highest BCUT2D eigenvalue weighted by Gasteiger charge is 2.22. The number of thiophene rings is 1. The lowest BCUT2D eigenvalue weighted by Gasteiger charge is -2.22. The number of hydrogen-bond donors (Lipinski definition) is 1. The highest BCUT2D eigenvalue weighted by Crippen LogP contribution is 2.12.